The zero-order chi connectivity index (χ0) is 16.2. The number of nitrogens with one attached hydrogen (secondary N) is 1. The molecule has 0 bridgehead atoms. The fraction of sp³-hybridized carbons (Fsp3) is 0.250. The summed E-state index contributed by atoms with van der Waals surface area (Å²) in [5.74, 6) is 2.06. The molecule has 1 N–H and O–H groups in total. The third-order valence-electron chi connectivity index (χ3n) is 3.36. The normalized spacial score (nSPS) is 17.0. The summed E-state index contributed by atoms with van der Waals surface area (Å²) in [6, 6.07) is 8.33. The molecule has 1 unspecified atom stereocenters. The Labute approximate surface area is 148 Å². The standard InChI is InChI=1S/C16H14Cl2N2O2S/c17-13-4-3-10(8-14(13)18)20-15(21)12-2-1-6-19-16(12)22-11-5-7-23-9-11/h1-4,6,8,11H,5,7,9H2,(H,20,21). The van der Waals surface area contributed by atoms with Crippen molar-refractivity contribution in [2.24, 2.45) is 0 Å². The molecule has 1 aromatic heterocycles. The Morgan fingerprint density at radius 2 is 2.17 bits per heavy atom. The topological polar surface area (TPSA) is 51.2 Å². The lowest BCUT2D eigenvalue weighted by atomic mass is 10.2. The first-order valence-electron chi connectivity index (χ1n) is 7.09. The quantitative estimate of drug-likeness (QED) is 0.861. The number of ether oxygens (including phenoxy) is 1. The first kappa shape index (κ1) is 16.4. The number of halogens is 2. The average Bonchev–Trinajstić information content (AvgIpc) is 3.04. The van der Waals surface area contributed by atoms with Crippen LogP contribution in [-0.4, -0.2) is 28.5 Å². The lowest BCUT2D eigenvalue weighted by Crippen LogP contribution is -2.20. The van der Waals surface area contributed by atoms with Crippen LogP contribution in [0.2, 0.25) is 10.0 Å². The number of benzene rings is 1. The number of nitrogens with zero attached hydrogens (tertiary/aromatic N) is 1. The molecule has 120 valence electrons. The highest BCUT2D eigenvalue weighted by molar-refractivity contribution is 7.99. The zero-order valence-electron chi connectivity index (χ0n) is 12.1. The predicted molar refractivity (Wildman–Crippen MR) is 95.0 cm³/mol. The summed E-state index contributed by atoms with van der Waals surface area (Å²) in [5, 5.41) is 3.61. The molecule has 2 heterocycles. The summed E-state index contributed by atoms with van der Waals surface area (Å²) in [6.45, 7) is 0. The largest absolute Gasteiger partial charge is 0.473 e. The van der Waals surface area contributed by atoms with Crippen LogP contribution in [0.1, 0.15) is 16.8 Å². The minimum atomic E-state index is -0.294. The number of amides is 1. The van der Waals surface area contributed by atoms with Gasteiger partial charge < -0.3 is 10.1 Å². The third-order valence-corrected chi connectivity index (χ3v) is 5.23. The summed E-state index contributed by atoms with van der Waals surface area (Å²) in [4.78, 5) is 16.7. The van der Waals surface area contributed by atoms with Gasteiger partial charge in [-0.1, -0.05) is 23.2 Å². The van der Waals surface area contributed by atoms with Gasteiger partial charge in [-0.2, -0.15) is 11.8 Å². The number of anilines is 1. The van der Waals surface area contributed by atoms with E-state index in [-0.39, 0.29) is 12.0 Å². The van der Waals surface area contributed by atoms with E-state index in [1.165, 1.54) is 0 Å². The van der Waals surface area contributed by atoms with E-state index in [0.29, 0.717) is 27.2 Å². The summed E-state index contributed by atoms with van der Waals surface area (Å²) < 4.78 is 5.87. The van der Waals surface area contributed by atoms with E-state index in [2.05, 4.69) is 10.3 Å². The number of carbonyl (C=O) groups excluding carboxylic acids is 1. The second kappa shape index (κ2) is 7.43. The van der Waals surface area contributed by atoms with Crippen LogP contribution >= 0.6 is 35.0 Å². The Hall–Kier alpha value is -1.43. The molecule has 2 aromatic rings. The van der Waals surface area contributed by atoms with Gasteiger partial charge >= 0.3 is 0 Å². The molecule has 0 saturated carbocycles. The molecular weight excluding hydrogens is 355 g/mol. The van der Waals surface area contributed by atoms with Crippen LogP contribution in [-0.2, 0) is 0 Å². The van der Waals surface area contributed by atoms with Crippen molar-refractivity contribution >= 4 is 46.6 Å². The lowest BCUT2D eigenvalue weighted by Gasteiger charge is -2.14. The van der Waals surface area contributed by atoms with E-state index < -0.39 is 0 Å². The minimum Gasteiger partial charge on any atom is -0.473 e. The third kappa shape index (κ3) is 4.10. The number of hydrogen-bond donors (Lipinski definition) is 1. The highest BCUT2D eigenvalue weighted by Gasteiger charge is 2.21. The van der Waals surface area contributed by atoms with E-state index in [4.69, 9.17) is 27.9 Å². The maximum atomic E-state index is 12.5. The fourth-order valence-corrected chi connectivity index (χ4v) is 3.59. The van der Waals surface area contributed by atoms with Crippen LogP contribution in [0.5, 0.6) is 5.88 Å². The molecule has 1 saturated heterocycles. The smallest absolute Gasteiger partial charge is 0.261 e. The second-order valence-corrected chi connectivity index (χ2v) is 7.01. The van der Waals surface area contributed by atoms with E-state index in [1.54, 1.807) is 36.5 Å². The Morgan fingerprint density at radius 3 is 2.91 bits per heavy atom. The SMILES string of the molecule is O=C(Nc1ccc(Cl)c(Cl)c1)c1cccnc1OC1CCSC1. The van der Waals surface area contributed by atoms with E-state index >= 15 is 0 Å². The highest BCUT2D eigenvalue weighted by atomic mass is 35.5. The van der Waals surface area contributed by atoms with E-state index in [0.717, 1.165) is 17.9 Å². The molecule has 3 rings (SSSR count). The number of pyridine rings is 1. The molecule has 1 aromatic carbocycles. The average molecular weight is 369 g/mol. The Bertz CT molecular complexity index is 721. The molecule has 1 aliphatic rings. The van der Waals surface area contributed by atoms with Crippen molar-refractivity contribution in [3.05, 3.63) is 52.1 Å². The van der Waals surface area contributed by atoms with Gasteiger partial charge in [0.25, 0.3) is 5.91 Å². The summed E-state index contributed by atoms with van der Waals surface area (Å²) in [5.41, 5.74) is 0.964. The van der Waals surface area contributed by atoms with Crippen LogP contribution in [0.4, 0.5) is 5.69 Å². The maximum absolute atomic E-state index is 12.5. The van der Waals surface area contributed by atoms with E-state index in [1.807, 2.05) is 11.8 Å². The van der Waals surface area contributed by atoms with Crippen molar-refractivity contribution in [2.75, 3.05) is 16.8 Å². The van der Waals surface area contributed by atoms with Crippen molar-refractivity contribution in [1.29, 1.82) is 0 Å². The number of thioether (sulfide) groups is 1. The first-order chi connectivity index (χ1) is 11.1. The molecule has 4 nitrogen and oxygen atoms in total. The van der Waals surface area contributed by atoms with Crippen molar-refractivity contribution in [3.63, 3.8) is 0 Å². The van der Waals surface area contributed by atoms with Gasteiger partial charge in [0.2, 0.25) is 5.88 Å². The second-order valence-electron chi connectivity index (χ2n) is 5.04. The summed E-state index contributed by atoms with van der Waals surface area (Å²) in [7, 11) is 0. The molecule has 0 aliphatic carbocycles. The Kier molecular flexibility index (Phi) is 5.30. The molecule has 7 heteroatoms. The lowest BCUT2D eigenvalue weighted by molar-refractivity contribution is 0.101. The maximum Gasteiger partial charge on any atom is 0.261 e. The van der Waals surface area contributed by atoms with Crippen molar-refractivity contribution in [3.8, 4) is 5.88 Å². The number of aromatic nitrogens is 1. The van der Waals surface area contributed by atoms with Gasteiger partial charge in [-0.3, -0.25) is 4.79 Å². The Morgan fingerprint density at radius 1 is 1.30 bits per heavy atom. The highest BCUT2D eigenvalue weighted by Crippen LogP contribution is 2.27. The first-order valence-corrected chi connectivity index (χ1v) is 9.00. The fourth-order valence-electron chi connectivity index (χ4n) is 2.19. The van der Waals surface area contributed by atoms with E-state index in [9.17, 15) is 4.79 Å². The molecule has 1 amide bonds. The van der Waals surface area contributed by atoms with Gasteiger partial charge in [-0.15, -0.1) is 0 Å². The Balaban J connectivity index is 1.77. The molecule has 1 atom stereocenters. The van der Waals surface area contributed by atoms with Gasteiger partial charge in [0.15, 0.2) is 0 Å². The van der Waals surface area contributed by atoms with Crippen LogP contribution in [0.3, 0.4) is 0 Å². The molecule has 1 fully saturated rings. The van der Waals surface area contributed by atoms with Crippen LogP contribution < -0.4 is 10.1 Å². The predicted octanol–water partition coefficient (Wildman–Crippen LogP) is 4.53. The van der Waals surface area contributed by atoms with Gasteiger partial charge in [0.1, 0.15) is 11.7 Å². The van der Waals surface area contributed by atoms with Gasteiger partial charge in [0, 0.05) is 17.6 Å². The van der Waals surface area contributed by atoms with Gasteiger partial charge in [-0.05, 0) is 42.5 Å². The molecule has 0 spiro atoms. The van der Waals surface area contributed by atoms with Crippen molar-refractivity contribution in [1.82, 2.24) is 4.98 Å². The van der Waals surface area contributed by atoms with Crippen LogP contribution in [0.25, 0.3) is 0 Å². The number of rotatable bonds is 4. The van der Waals surface area contributed by atoms with Gasteiger partial charge in [-0.25, -0.2) is 4.98 Å². The molecular formula is C16H14Cl2N2O2S. The van der Waals surface area contributed by atoms with Crippen molar-refractivity contribution < 1.29 is 9.53 Å². The molecule has 0 radical (unpaired) electrons. The minimum absolute atomic E-state index is 0.103. The van der Waals surface area contributed by atoms with Crippen LogP contribution in [0.15, 0.2) is 36.5 Å². The molecule has 1 aliphatic heterocycles. The number of hydrogen-bond acceptors (Lipinski definition) is 4. The zero-order valence-corrected chi connectivity index (χ0v) is 14.4. The summed E-state index contributed by atoms with van der Waals surface area (Å²) >= 11 is 13.7. The van der Waals surface area contributed by atoms with Crippen molar-refractivity contribution in [2.45, 2.75) is 12.5 Å². The van der Waals surface area contributed by atoms with Crippen LogP contribution in [0, 0.1) is 0 Å². The number of carbonyl (C=O) groups is 1. The monoisotopic (exact) mass is 368 g/mol. The van der Waals surface area contributed by atoms with Gasteiger partial charge in [0.05, 0.1) is 10.0 Å². The summed E-state index contributed by atoms with van der Waals surface area (Å²) in [6.07, 6.45) is 2.69. The molecule has 23 heavy (non-hydrogen) atoms.